The molecular weight excluding hydrogens is 238 g/mol. The van der Waals surface area contributed by atoms with Crippen molar-refractivity contribution in [3.8, 4) is 11.1 Å². The molecule has 1 aliphatic rings. The van der Waals surface area contributed by atoms with Gasteiger partial charge in [-0.1, -0.05) is 24.3 Å². The van der Waals surface area contributed by atoms with E-state index in [1.807, 2.05) is 6.20 Å². The summed E-state index contributed by atoms with van der Waals surface area (Å²) in [5.74, 6) is 0.934. The van der Waals surface area contributed by atoms with Crippen LogP contribution in [-0.4, -0.2) is 36.5 Å². The van der Waals surface area contributed by atoms with Crippen molar-refractivity contribution in [1.29, 1.82) is 0 Å². The second-order valence-corrected chi connectivity index (χ2v) is 4.72. The lowest BCUT2D eigenvalue weighted by atomic mass is 10.0. The third-order valence-electron chi connectivity index (χ3n) is 3.43. The zero-order valence-corrected chi connectivity index (χ0v) is 11.0. The van der Waals surface area contributed by atoms with Crippen molar-refractivity contribution in [2.24, 2.45) is 0 Å². The molecule has 2 heterocycles. The second-order valence-electron chi connectivity index (χ2n) is 4.72. The Labute approximate surface area is 113 Å². The molecule has 0 saturated carbocycles. The predicted octanol–water partition coefficient (Wildman–Crippen LogP) is 2.29. The van der Waals surface area contributed by atoms with E-state index in [9.17, 15) is 0 Å². The number of aromatic nitrogens is 2. The molecule has 0 spiro atoms. The van der Waals surface area contributed by atoms with Crippen LogP contribution >= 0.6 is 0 Å². The van der Waals surface area contributed by atoms with Crippen LogP contribution in [0.1, 0.15) is 5.56 Å². The number of rotatable bonds is 2. The Morgan fingerprint density at radius 3 is 2.74 bits per heavy atom. The van der Waals surface area contributed by atoms with Crippen LogP contribution in [0, 0.1) is 6.92 Å². The molecule has 0 atom stereocenters. The van der Waals surface area contributed by atoms with E-state index in [0.29, 0.717) is 0 Å². The van der Waals surface area contributed by atoms with Crippen LogP contribution in [0.15, 0.2) is 36.5 Å². The van der Waals surface area contributed by atoms with E-state index in [-0.39, 0.29) is 0 Å². The largest absolute Gasteiger partial charge is 0.378 e. The lowest BCUT2D eigenvalue weighted by Gasteiger charge is -2.27. The molecule has 98 valence electrons. The first-order valence-corrected chi connectivity index (χ1v) is 6.56. The normalized spacial score (nSPS) is 15.5. The maximum absolute atomic E-state index is 5.37. The smallest absolute Gasteiger partial charge is 0.152 e. The van der Waals surface area contributed by atoms with Gasteiger partial charge in [-0.25, -0.2) is 0 Å². The van der Waals surface area contributed by atoms with Gasteiger partial charge < -0.3 is 9.64 Å². The molecular formula is C15H17N3O. The van der Waals surface area contributed by atoms with Crippen LogP contribution in [0.25, 0.3) is 11.1 Å². The first-order valence-electron chi connectivity index (χ1n) is 6.56. The zero-order valence-electron chi connectivity index (χ0n) is 11.0. The van der Waals surface area contributed by atoms with Crippen molar-refractivity contribution in [2.45, 2.75) is 6.92 Å². The third kappa shape index (κ3) is 2.58. The Hall–Kier alpha value is -1.94. The van der Waals surface area contributed by atoms with Crippen LogP contribution in [0.5, 0.6) is 0 Å². The van der Waals surface area contributed by atoms with Gasteiger partial charge in [-0.3, -0.25) is 0 Å². The molecule has 1 aromatic carbocycles. The minimum absolute atomic E-state index is 0.760. The van der Waals surface area contributed by atoms with Crippen LogP contribution in [0.3, 0.4) is 0 Å². The van der Waals surface area contributed by atoms with E-state index in [2.05, 4.69) is 52.4 Å². The molecule has 0 amide bonds. The second kappa shape index (κ2) is 5.36. The van der Waals surface area contributed by atoms with Gasteiger partial charge in [-0.15, -0.1) is 5.10 Å². The number of morpholine rings is 1. The summed E-state index contributed by atoms with van der Waals surface area (Å²) in [6, 6.07) is 10.5. The molecule has 0 aliphatic carbocycles. The maximum atomic E-state index is 5.37. The predicted molar refractivity (Wildman–Crippen MR) is 75.2 cm³/mol. The highest BCUT2D eigenvalue weighted by atomic mass is 16.5. The number of anilines is 1. The number of aryl methyl sites for hydroxylation is 1. The third-order valence-corrected chi connectivity index (χ3v) is 3.43. The topological polar surface area (TPSA) is 38.2 Å². The fraction of sp³-hybridized carbons (Fsp3) is 0.333. The number of benzene rings is 1. The zero-order chi connectivity index (χ0) is 13.1. The number of hydrogen-bond acceptors (Lipinski definition) is 4. The minimum atomic E-state index is 0.760. The summed E-state index contributed by atoms with van der Waals surface area (Å²) in [4.78, 5) is 2.22. The van der Waals surface area contributed by atoms with E-state index in [1.165, 1.54) is 11.1 Å². The van der Waals surface area contributed by atoms with Crippen molar-refractivity contribution in [2.75, 3.05) is 31.2 Å². The van der Waals surface area contributed by atoms with E-state index >= 15 is 0 Å². The molecule has 0 radical (unpaired) electrons. The summed E-state index contributed by atoms with van der Waals surface area (Å²) in [7, 11) is 0. The highest BCUT2D eigenvalue weighted by molar-refractivity contribution is 5.68. The van der Waals surface area contributed by atoms with Gasteiger partial charge in [0.15, 0.2) is 5.82 Å². The SMILES string of the molecule is Cc1ccccc1-c1cnnc(N2CCOCC2)c1. The van der Waals surface area contributed by atoms with Crippen molar-refractivity contribution in [3.63, 3.8) is 0 Å². The average Bonchev–Trinajstić information content (AvgIpc) is 2.49. The number of ether oxygens (including phenoxy) is 1. The van der Waals surface area contributed by atoms with Gasteiger partial charge in [0.2, 0.25) is 0 Å². The summed E-state index contributed by atoms with van der Waals surface area (Å²) in [6.45, 7) is 5.40. The van der Waals surface area contributed by atoms with Crippen molar-refractivity contribution < 1.29 is 4.74 Å². The summed E-state index contributed by atoms with van der Waals surface area (Å²) in [5, 5.41) is 8.38. The van der Waals surface area contributed by atoms with E-state index in [4.69, 9.17) is 4.74 Å². The molecule has 3 rings (SSSR count). The molecule has 0 N–H and O–H groups in total. The number of hydrogen-bond donors (Lipinski definition) is 0. The average molecular weight is 255 g/mol. The Morgan fingerprint density at radius 1 is 1.16 bits per heavy atom. The summed E-state index contributed by atoms with van der Waals surface area (Å²) >= 11 is 0. The van der Waals surface area contributed by atoms with Gasteiger partial charge in [0.1, 0.15) is 0 Å². The first-order chi connectivity index (χ1) is 9.34. The Morgan fingerprint density at radius 2 is 1.95 bits per heavy atom. The summed E-state index contributed by atoms with van der Waals surface area (Å²) < 4.78 is 5.37. The van der Waals surface area contributed by atoms with Crippen LogP contribution in [0.2, 0.25) is 0 Å². The first kappa shape index (κ1) is 12.1. The highest BCUT2D eigenvalue weighted by Gasteiger charge is 2.13. The monoisotopic (exact) mass is 255 g/mol. The van der Waals surface area contributed by atoms with Gasteiger partial charge in [0.05, 0.1) is 19.4 Å². The molecule has 2 aromatic rings. The van der Waals surface area contributed by atoms with E-state index < -0.39 is 0 Å². The van der Waals surface area contributed by atoms with Gasteiger partial charge in [0, 0.05) is 18.7 Å². The molecule has 0 unspecified atom stereocenters. The van der Waals surface area contributed by atoms with Gasteiger partial charge >= 0.3 is 0 Å². The molecule has 1 fully saturated rings. The fourth-order valence-corrected chi connectivity index (χ4v) is 2.35. The van der Waals surface area contributed by atoms with Crippen molar-refractivity contribution >= 4 is 5.82 Å². The Balaban J connectivity index is 1.93. The van der Waals surface area contributed by atoms with Crippen LogP contribution in [-0.2, 0) is 4.74 Å². The fourth-order valence-electron chi connectivity index (χ4n) is 2.35. The van der Waals surface area contributed by atoms with Crippen molar-refractivity contribution in [3.05, 3.63) is 42.1 Å². The maximum Gasteiger partial charge on any atom is 0.152 e. The summed E-state index contributed by atoms with van der Waals surface area (Å²) in [6.07, 6.45) is 1.83. The molecule has 19 heavy (non-hydrogen) atoms. The van der Waals surface area contributed by atoms with Crippen LogP contribution in [0.4, 0.5) is 5.82 Å². The Kier molecular flexibility index (Phi) is 3.42. The molecule has 4 nitrogen and oxygen atoms in total. The van der Waals surface area contributed by atoms with E-state index in [0.717, 1.165) is 37.7 Å². The molecule has 0 bridgehead atoms. The number of nitrogens with zero attached hydrogens (tertiary/aromatic N) is 3. The van der Waals surface area contributed by atoms with Gasteiger partial charge in [-0.2, -0.15) is 5.10 Å². The van der Waals surface area contributed by atoms with Gasteiger partial charge in [0.25, 0.3) is 0 Å². The summed E-state index contributed by atoms with van der Waals surface area (Å²) in [5.41, 5.74) is 3.59. The standard InChI is InChI=1S/C15H17N3O/c1-12-4-2-3-5-14(12)13-10-15(17-16-11-13)18-6-8-19-9-7-18/h2-5,10-11H,6-9H2,1H3. The molecule has 1 aromatic heterocycles. The van der Waals surface area contributed by atoms with Crippen LogP contribution < -0.4 is 4.90 Å². The lowest BCUT2D eigenvalue weighted by molar-refractivity contribution is 0.122. The molecule has 1 aliphatic heterocycles. The molecule has 1 saturated heterocycles. The molecule has 4 heteroatoms. The van der Waals surface area contributed by atoms with E-state index in [1.54, 1.807) is 0 Å². The highest BCUT2D eigenvalue weighted by Crippen LogP contribution is 2.25. The van der Waals surface area contributed by atoms with Gasteiger partial charge in [-0.05, 0) is 24.1 Å². The van der Waals surface area contributed by atoms with Crippen molar-refractivity contribution in [1.82, 2.24) is 10.2 Å². The minimum Gasteiger partial charge on any atom is -0.378 e. The Bertz CT molecular complexity index is 565. The quantitative estimate of drug-likeness (QED) is 0.825. The lowest BCUT2D eigenvalue weighted by Crippen LogP contribution is -2.36.